The smallest absolute Gasteiger partial charge is 0.234 e. The zero-order chi connectivity index (χ0) is 16.2. The molecule has 0 saturated heterocycles. The van der Waals surface area contributed by atoms with E-state index in [9.17, 15) is 4.79 Å². The van der Waals surface area contributed by atoms with E-state index in [0.29, 0.717) is 0 Å². The first kappa shape index (κ1) is 17.3. The lowest BCUT2D eigenvalue weighted by Gasteiger charge is -2.19. The third kappa shape index (κ3) is 3.83. The molecule has 0 fully saturated rings. The highest BCUT2D eigenvalue weighted by Crippen LogP contribution is 2.38. The summed E-state index contributed by atoms with van der Waals surface area (Å²) in [6.07, 6.45) is 0.862. The third-order valence-electron chi connectivity index (χ3n) is 4.18. The Morgan fingerprint density at radius 2 is 2.14 bits per heavy atom. The zero-order valence-electron chi connectivity index (χ0n) is 13.6. The Morgan fingerprint density at radius 1 is 1.36 bits per heavy atom. The van der Waals surface area contributed by atoms with Gasteiger partial charge in [-0.3, -0.25) is 4.79 Å². The Bertz CT molecular complexity index is 531. The van der Waals surface area contributed by atoms with E-state index < -0.39 is 5.41 Å². The molecule has 1 heterocycles. The van der Waals surface area contributed by atoms with Crippen molar-refractivity contribution in [1.82, 2.24) is 5.32 Å². The fourth-order valence-electron chi connectivity index (χ4n) is 2.59. The first-order valence-corrected chi connectivity index (χ1v) is 9.00. The monoisotopic (exact) mass is 322 g/mol. The van der Waals surface area contributed by atoms with E-state index in [1.165, 1.54) is 5.56 Å². The van der Waals surface area contributed by atoms with Gasteiger partial charge in [-0.15, -0.1) is 0 Å². The number of anilines is 1. The molecule has 4 nitrogen and oxygen atoms in total. The van der Waals surface area contributed by atoms with Crippen molar-refractivity contribution >= 4 is 23.4 Å². The molecule has 1 amide bonds. The summed E-state index contributed by atoms with van der Waals surface area (Å²) in [5.74, 6) is 2.12. The highest BCUT2D eigenvalue weighted by Gasteiger charge is 2.38. The highest BCUT2D eigenvalue weighted by molar-refractivity contribution is 7.99. The fourth-order valence-corrected chi connectivity index (χ4v) is 3.39. The van der Waals surface area contributed by atoms with Crippen LogP contribution in [0.25, 0.3) is 0 Å². The molecule has 1 unspecified atom stereocenters. The fraction of sp³-hybridized carbons (Fsp3) is 0.588. The predicted molar refractivity (Wildman–Crippen MR) is 93.5 cm³/mol. The van der Waals surface area contributed by atoms with Crippen molar-refractivity contribution in [3.05, 3.63) is 29.3 Å². The van der Waals surface area contributed by atoms with E-state index in [0.717, 1.165) is 35.7 Å². The number of carbonyl (C=O) groups excluding carboxylic acids is 1. The quantitative estimate of drug-likeness (QED) is 0.644. The largest absolute Gasteiger partial charge is 0.396 e. The molecule has 1 aromatic carbocycles. The third-order valence-corrected chi connectivity index (χ3v) is 5.25. The summed E-state index contributed by atoms with van der Waals surface area (Å²) in [6, 6.07) is 6.49. The van der Waals surface area contributed by atoms with Gasteiger partial charge in [0.15, 0.2) is 0 Å². The Balaban J connectivity index is 1.91. The molecule has 0 radical (unpaired) electrons. The molecule has 3 N–H and O–H groups in total. The maximum Gasteiger partial charge on any atom is 0.234 e. The number of amides is 1. The number of aliphatic hydroxyl groups excluding tert-OH is 1. The number of carbonyl (C=O) groups is 1. The molecule has 1 aliphatic rings. The Kier molecular flexibility index (Phi) is 5.89. The Hall–Kier alpha value is -1.04. The standard InChI is InChI=1S/C17H26N2O2S/c1-12(18-7-10-22-9-4-8-20)13-5-6-15-14(11-13)17(2,3)16(21)19-15/h5-6,11-12,18,20H,4,7-10H2,1-3H3,(H,19,21). The predicted octanol–water partition coefficient (Wildman–Crippen LogP) is 2.68. The van der Waals surface area contributed by atoms with Gasteiger partial charge >= 0.3 is 0 Å². The van der Waals surface area contributed by atoms with Crippen molar-refractivity contribution in [2.45, 2.75) is 38.6 Å². The minimum Gasteiger partial charge on any atom is -0.396 e. The average molecular weight is 322 g/mol. The molecular formula is C17H26N2O2S. The summed E-state index contributed by atoms with van der Waals surface area (Å²) in [4.78, 5) is 12.0. The van der Waals surface area contributed by atoms with Crippen molar-refractivity contribution in [3.63, 3.8) is 0 Å². The second kappa shape index (κ2) is 7.49. The van der Waals surface area contributed by atoms with Crippen LogP contribution in [0.1, 0.15) is 44.4 Å². The molecule has 0 bridgehead atoms. The molecule has 22 heavy (non-hydrogen) atoms. The lowest BCUT2D eigenvalue weighted by Crippen LogP contribution is -2.27. The second-order valence-corrected chi connectivity index (χ2v) is 7.47. The van der Waals surface area contributed by atoms with E-state index >= 15 is 0 Å². The van der Waals surface area contributed by atoms with Gasteiger partial charge in [-0.2, -0.15) is 11.8 Å². The number of thioether (sulfide) groups is 1. The van der Waals surface area contributed by atoms with Gasteiger partial charge in [0.2, 0.25) is 5.91 Å². The van der Waals surface area contributed by atoms with Crippen LogP contribution < -0.4 is 10.6 Å². The molecule has 0 spiro atoms. The summed E-state index contributed by atoms with van der Waals surface area (Å²) >= 11 is 1.86. The van der Waals surface area contributed by atoms with Crippen LogP contribution in [0.5, 0.6) is 0 Å². The summed E-state index contributed by atoms with van der Waals surface area (Å²) in [5.41, 5.74) is 2.78. The first-order valence-electron chi connectivity index (χ1n) is 7.84. The Morgan fingerprint density at radius 3 is 2.86 bits per heavy atom. The zero-order valence-corrected chi connectivity index (χ0v) is 14.4. The maximum absolute atomic E-state index is 12.0. The van der Waals surface area contributed by atoms with Crippen LogP contribution in [-0.4, -0.2) is 35.7 Å². The van der Waals surface area contributed by atoms with Crippen LogP contribution in [0.3, 0.4) is 0 Å². The molecule has 5 heteroatoms. The first-order chi connectivity index (χ1) is 10.5. The van der Waals surface area contributed by atoms with E-state index in [1.807, 2.05) is 31.7 Å². The van der Waals surface area contributed by atoms with Crippen LogP contribution in [0, 0.1) is 0 Å². The van der Waals surface area contributed by atoms with Gasteiger partial charge in [-0.1, -0.05) is 12.1 Å². The van der Waals surface area contributed by atoms with E-state index in [1.54, 1.807) is 0 Å². The van der Waals surface area contributed by atoms with Gasteiger partial charge in [0, 0.05) is 30.6 Å². The lowest BCUT2D eigenvalue weighted by atomic mass is 9.85. The van der Waals surface area contributed by atoms with Crippen molar-refractivity contribution < 1.29 is 9.90 Å². The van der Waals surface area contributed by atoms with E-state index in [4.69, 9.17) is 5.11 Å². The van der Waals surface area contributed by atoms with Gasteiger partial charge < -0.3 is 15.7 Å². The van der Waals surface area contributed by atoms with Crippen LogP contribution >= 0.6 is 11.8 Å². The number of hydrogen-bond donors (Lipinski definition) is 3. The highest BCUT2D eigenvalue weighted by atomic mass is 32.2. The topological polar surface area (TPSA) is 61.4 Å². The normalized spacial score (nSPS) is 17.2. The number of rotatable bonds is 8. The van der Waals surface area contributed by atoms with Crippen molar-refractivity contribution in [3.8, 4) is 0 Å². The molecule has 0 aliphatic carbocycles. The maximum atomic E-state index is 12.0. The molecule has 122 valence electrons. The molecule has 1 atom stereocenters. The minimum absolute atomic E-state index is 0.0699. The van der Waals surface area contributed by atoms with Crippen molar-refractivity contribution in [1.29, 1.82) is 0 Å². The SMILES string of the molecule is CC(NCCSCCCO)c1ccc2c(c1)C(C)(C)C(=O)N2. The molecule has 2 rings (SSSR count). The van der Waals surface area contributed by atoms with Gasteiger partial charge in [-0.25, -0.2) is 0 Å². The van der Waals surface area contributed by atoms with Gasteiger partial charge in [0.1, 0.15) is 0 Å². The van der Waals surface area contributed by atoms with Gasteiger partial charge in [-0.05, 0) is 50.1 Å². The average Bonchev–Trinajstić information content (AvgIpc) is 2.72. The number of benzene rings is 1. The van der Waals surface area contributed by atoms with E-state index in [2.05, 4.69) is 29.7 Å². The van der Waals surface area contributed by atoms with Crippen LogP contribution in [-0.2, 0) is 10.2 Å². The van der Waals surface area contributed by atoms with Crippen LogP contribution in [0.4, 0.5) is 5.69 Å². The summed E-state index contributed by atoms with van der Waals surface area (Å²) in [7, 11) is 0. The second-order valence-electron chi connectivity index (χ2n) is 6.25. The number of fused-ring (bicyclic) bond motifs is 1. The van der Waals surface area contributed by atoms with Crippen molar-refractivity contribution in [2.75, 3.05) is 30.0 Å². The van der Waals surface area contributed by atoms with Crippen LogP contribution in [0.2, 0.25) is 0 Å². The van der Waals surface area contributed by atoms with Gasteiger partial charge in [0.05, 0.1) is 5.41 Å². The summed E-state index contributed by atoms with van der Waals surface area (Å²) in [6.45, 7) is 7.29. The van der Waals surface area contributed by atoms with E-state index in [-0.39, 0.29) is 18.6 Å². The number of nitrogens with one attached hydrogen (secondary N) is 2. The molecule has 0 aromatic heterocycles. The molecule has 0 saturated carbocycles. The molecule has 1 aliphatic heterocycles. The molecular weight excluding hydrogens is 296 g/mol. The minimum atomic E-state index is -0.453. The Labute approximate surface area is 137 Å². The van der Waals surface area contributed by atoms with Gasteiger partial charge in [0.25, 0.3) is 0 Å². The van der Waals surface area contributed by atoms with Crippen molar-refractivity contribution in [2.24, 2.45) is 0 Å². The number of aliphatic hydroxyl groups is 1. The number of hydrogen-bond acceptors (Lipinski definition) is 4. The molecule has 1 aromatic rings. The summed E-state index contributed by atoms with van der Waals surface area (Å²) < 4.78 is 0. The van der Waals surface area contributed by atoms with Crippen LogP contribution in [0.15, 0.2) is 18.2 Å². The lowest BCUT2D eigenvalue weighted by molar-refractivity contribution is -0.119. The summed E-state index contributed by atoms with van der Waals surface area (Å²) in [5, 5.41) is 15.2.